The van der Waals surface area contributed by atoms with E-state index in [4.69, 9.17) is 31.5 Å². The molecule has 0 fully saturated rings. The summed E-state index contributed by atoms with van der Waals surface area (Å²) < 4.78 is 15.3. The molecule has 0 aliphatic heterocycles. The topological polar surface area (TPSA) is 53.7 Å². The van der Waals surface area contributed by atoms with Crippen LogP contribution in [0.1, 0.15) is 11.6 Å². The van der Waals surface area contributed by atoms with Crippen LogP contribution in [-0.4, -0.2) is 27.6 Å². The average molecular weight is 246 g/mol. The number of benzene rings is 1. The standard InChI is InChI=1S/C11H16ClNO3/c1-14-9-6-7(4-5-8(9)12)10(13)11(15-2)16-3/h4-6,10-11H,13H2,1-3H3. The van der Waals surface area contributed by atoms with E-state index in [1.807, 2.05) is 6.07 Å². The fourth-order valence-corrected chi connectivity index (χ4v) is 1.62. The molecule has 0 aliphatic rings. The summed E-state index contributed by atoms with van der Waals surface area (Å²) in [5, 5.41) is 0.546. The third-order valence-corrected chi connectivity index (χ3v) is 2.63. The Kier molecular flexibility index (Phi) is 5.02. The minimum atomic E-state index is -0.495. The van der Waals surface area contributed by atoms with E-state index in [2.05, 4.69) is 0 Å². The molecule has 0 heterocycles. The number of methoxy groups -OCH3 is 3. The van der Waals surface area contributed by atoms with Gasteiger partial charge in [0, 0.05) is 14.2 Å². The van der Waals surface area contributed by atoms with Gasteiger partial charge in [-0.25, -0.2) is 0 Å². The first kappa shape index (κ1) is 13.3. The van der Waals surface area contributed by atoms with Crippen molar-refractivity contribution >= 4 is 11.6 Å². The monoisotopic (exact) mass is 245 g/mol. The van der Waals surface area contributed by atoms with E-state index in [0.29, 0.717) is 10.8 Å². The Bertz CT molecular complexity index is 342. The van der Waals surface area contributed by atoms with Crippen molar-refractivity contribution in [2.75, 3.05) is 21.3 Å². The summed E-state index contributed by atoms with van der Waals surface area (Å²) in [7, 11) is 4.64. The molecule has 0 aromatic heterocycles. The van der Waals surface area contributed by atoms with Gasteiger partial charge in [0.25, 0.3) is 0 Å². The van der Waals surface area contributed by atoms with E-state index in [0.717, 1.165) is 5.56 Å². The van der Waals surface area contributed by atoms with E-state index >= 15 is 0 Å². The van der Waals surface area contributed by atoms with Gasteiger partial charge in [0.1, 0.15) is 5.75 Å². The molecule has 0 saturated carbocycles. The molecule has 5 heteroatoms. The van der Waals surface area contributed by atoms with Gasteiger partial charge in [-0.05, 0) is 17.7 Å². The van der Waals surface area contributed by atoms with Gasteiger partial charge in [-0.1, -0.05) is 17.7 Å². The molecule has 0 radical (unpaired) electrons. The SMILES string of the molecule is COc1cc(C(N)C(OC)OC)ccc1Cl. The van der Waals surface area contributed by atoms with Gasteiger partial charge in [-0.15, -0.1) is 0 Å². The highest BCUT2D eigenvalue weighted by molar-refractivity contribution is 6.32. The highest BCUT2D eigenvalue weighted by Gasteiger charge is 2.19. The quantitative estimate of drug-likeness (QED) is 0.806. The fourth-order valence-electron chi connectivity index (χ4n) is 1.43. The predicted octanol–water partition coefficient (Wildman–Crippen LogP) is 1.97. The molecule has 0 saturated heterocycles. The molecule has 1 aromatic rings. The van der Waals surface area contributed by atoms with Gasteiger partial charge >= 0.3 is 0 Å². The first-order valence-electron chi connectivity index (χ1n) is 4.78. The van der Waals surface area contributed by atoms with E-state index in [-0.39, 0.29) is 6.04 Å². The van der Waals surface area contributed by atoms with Crippen molar-refractivity contribution < 1.29 is 14.2 Å². The molecule has 2 N–H and O–H groups in total. The molecule has 1 aromatic carbocycles. The number of halogens is 1. The third kappa shape index (κ3) is 2.86. The van der Waals surface area contributed by atoms with Gasteiger partial charge in [0.15, 0.2) is 6.29 Å². The molecule has 0 amide bonds. The summed E-state index contributed by atoms with van der Waals surface area (Å²) in [6, 6.07) is 4.94. The summed E-state index contributed by atoms with van der Waals surface area (Å²) in [4.78, 5) is 0. The van der Waals surface area contributed by atoms with Crippen LogP contribution in [-0.2, 0) is 9.47 Å². The Morgan fingerprint density at radius 1 is 1.19 bits per heavy atom. The Balaban J connectivity index is 2.95. The Labute approximate surface area is 100 Å². The van der Waals surface area contributed by atoms with Crippen molar-refractivity contribution in [1.82, 2.24) is 0 Å². The van der Waals surface area contributed by atoms with Crippen molar-refractivity contribution in [3.8, 4) is 5.75 Å². The van der Waals surface area contributed by atoms with Gasteiger partial charge in [0.2, 0.25) is 0 Å². The Hall–Kier alpha value is -0.810. The van der Waals surface area contributed by atoms with Crippen molar-refractivity contribution in [2.24, 2.45) is 5.73 Å². The van der Waals surface area contributed by atoms with Gasteiger partial charge < -0.3 is 19.9 Å². The van der Waals surface area contributed by atoms with Crippen molar-refractivity contribution in [1.29, 1.82) is 0 Å². The molecule has 0 spiro atoms. The van der Waals surface area contributed by atoms with Crippen LogP contribution in [0.2, 0.25) is 5.02 Å². The molecule has 1 unspecified atom stereocenters. The lowest BCUT2D eigenvalue weighted by molar-refractivity contribution is -0.117. The third-order valence-electron chi connectivity index (χ3n) is 2.32. The first-order valence-corrected chi connectivity index (χ1v) is 5.16. The van der Waals surface area contributed by atoms with E-state index in [1.54, 1.807) is 33.5 Å². The lowest BCUT2D eigenvalue weighted by Crippen LogP contribution is -2.29. The van der Waals surface area contributed by atoms with Crippen LogP contribution in [0.15, 0.2) is 18.2 Å². The molecular formula is C11H16ClNO3. The maximum absolute atomic E-state index is 5.99. The number of rotatable bonds is 5. The van der Waals surface area contributed by atoms with Crippen LogP contribution < -0.4 is 10.5 Å². The summed E-state index contributed by atoms with van der Waals surface area (Å²) in [5.41, 5.74) is 6.83. The molecular weight excluding hydrogens is 230 g/mol. The van der Waals surface area contributed by atoms with Gasteiger partial charge in [-0.2, -0.15) is 0 Å². The molecule has 90 valence electrons. The zero-order valence-corrected chi connectivity index (χ0v) is 10.3. The number of hydrogen-bond donors (Lipinski definition) is 1. The minimum absolute atomic E-state index is 0.388. The number of nitrogens with two attached hydrogens (primary N) is 1. The fraction of sp³-hybridized carbons (Fsp3) is 0.455. The lowest BCUT2D eigenvalue weighted by Gasteiger charge is -2.21. The molecule has 16 heavy (non-hydrogen) atoms. The van der Waals surface area contributed by atoms with Gasteiger partial charge in [-0.3, -0.25) is 0 Å². The smallest absolute Gasteiger partial charge is 0.176 e. The number of ether oxygens (including phenoxy) is 3. The highest BCUT2D eigenvalue weighted by atomic mass is 35.5. The van der Waals surface area contributed by atoms with Crippen molar-refractivity contribution in [3.05, 3.63) is 28.8 Å². The summed E-state index contributed by atoms with van der Waals surface area (Å²) >= 11 is 5.92. The lowest BCUT2D eigenvalue weighted by atomic mass is 10.1. The van der Waals surface area contributed by atoms with Crippen LogP contribution in [0.5, 0.6) is 5.75 Å². The van der Waals surface area contributed by atoms with E-state index < -0.39 is 6.29 Å². The second-order valence-corrected chi connectivity index (χ2v) is 3.67. The van der Waals surface area contributed by atoms with Crippen LogP contribution in [0.3, 0.4) is 0 Å². The Morgan fingerprint density at radius 2 is 1.81 bits per heavy atom. The number of hydrogen-bond acceptors (Lipinski definition) is 4. The normalized spacial score (nSPS) is 12.9. The van der Waals surface area contributed by atoms with Crippen LogP contribution in [0.25, 0.3) is 0 Å². The molecule has 4 nitrogen and oxygen atoms in total. The minimum Gasteiger partial charge on any atom is -0.495 e. The molecule has 0 aliphatic carbocycles. The van der Waals surface area contributed by atoms with Crippen molar-refractivity contribution in [2.45, 2.75) is 12.3 Å². The van der Waals surface area contributed by atoms with Crippen molar-refractivity contribution in [3.63, 3.8) is 0 Å². The van der Waals surface area contributed by atoms with Gasteiger partial charge in [0.05, 0.1) is 18.2 Å². The maximum atomic E-state index is 5.99. The second kappa shape index (κ2) is 6.06. The summed E-state index contributed by atoms with van der Waals surface area (Å²) in [6.07, 6.45) is -0.495. The summed E-state index contributed by atoms with van der Waals surface area (Å²) in [5.74, 6) is 0.584. The van der Waals surface area contributed by atoms with Crippen LogP contribution in [0, 0.1) is 0 Å². The van der Waals surface area contributed by atoms with E-state index in [9.17, 15) is 0 Å². The Morgan fingerprint density at radius 3 is 2.31 bits per heavy atom. The maximum Gasteiger partial charge on any atom is 0.176 e. The largest absolute Gasteiger partial charge is 0.495 e. The molecule has 1 atom stereocenters. The second-order valence-electron chi connectivity index (χ2n) is 3.26. The van der Waals surface area contributed by atoms with E-state index in [1.165, 1.54) is 0 Å². The highest BCUT2D eigenvalue weighted by Crippen LogP contribution is 2.28. The zero-order valence-electron chi connectivity index (χ0n) is 9.57. The van der Waals surface area contributed by atoms with Crippen LogP contribution in [0.4, 0.5) is 0 Å². The molecule has 1 rings (SSSR count). The predicted molar refractivity (Wildman–Crippen MR) is 62.7 cm³/mol. The molecule has 0 bridgehead atoms. The van der Waals surface area contributed by atoms with Crippen LogP contribution >= 0.6 is 11.6 Å². The summed E-state index contributed by atoms with van der Waals surface area (Å²) in [6.45, 7) is 0. The average Bonchev–Trinajstić information content (AvgIpc) is 2.31. The first-order chi connectivity index (χ1) is 7.63. The zero-order chi connectivity index (χ0) is 12.1.